The maximum atomic E-state index is 12.1. The van der Waals surface area contributed by atoms with Gasteiger partial charge < -0.3 is 10.6 Å². The molecule has 3 rings (SSSR count). The molecule has 1 amide bonds. The molecule has 1 aromatic rings. The zero-order valence-corrected chi connectivity index (χ0v) is 10.6. The number of aromatic nitrogens is 2. The van der Waals surface area contributed by atoms with E-state index in [0.29, 0.717) is 11.5 Å². The van der Waals surface area contributed by atoms with Crippen molar-refractivity contribution >= 4 is 11.6 Å². The summed E-state index contributed by atoms with van der Waals surface area (Å²) in [6.45, 7) is 3.91. The van der Waals surface area contributed by atoms with Crippen LogP contribution < -0.4 is 10.6 Å². The van der Waals surface area contributed by atoms with E-state index < -0.39 is 0 Å². The number of carbonyl (C=O) groups is 1. The zero-order chi connectivity index (χ0) is 12.6. The minimum absolute atomic E-state index is 0.129. The molecule has 2 heterocycles. The maximum absolute atomic E-state index is 12.1. The standard InChI is InChI=1S/C13H18N4O/c1-9-15-7-10(8-16-9)17-12(18)11-6-13(11)2-4-14-5-3-13/h7-8,11,14H,2-6H2,1H3,(H,17,18). The Morgan fingerprint density at radius 1 is 1.39 bits per heavy atom. The average molecular weight is 246 g/mol. The molecule has 1 aliphatic heterocycles. The van der Waals surface area contributed by atoms with Gasteiger partial charge in [-0.1, -0.05) is 0 Å². The van der Waals surface area contributed by atoms with E-state index in [4.69, 9.17) is 0 Å². The lowest BCUT2D eigenvalue weighted by Crippen LogP contribution is -2.31. The minimum atomic E-state index is 0.129. The van der Waals surface area contributed by atoms with E-state index >= 15 is 0 Å². The number of aryl methyl sites for hydroxylation is 1. The third-order valence-electron chi connectivity index (χ3n) is 4.15. The van der Waals surface area contributed by atoms with Crippen LogP contribution in [0.25, 0.3) is 0 Å². The van der Waals surface area contributed by atoms with E-state index in [2.05, 4.69) is 20.6 Å². The smallest absolute Gasteiger partial charge is 0.228 e. The molecule has 0 aromatic carbocycles. The predicted octanol–water partition coefficient (Wildman–Crippen LogP) is 1.11. The Hall–Kier alpha value is -1.49. The lowest BCUT2D eigenvalue weighted by molar-refractivity contribution is -0.118. The summed E-state index contributed by atoms with van der Waals surface area (Å²) in [5, 5.41) is 6.26. The number of nitrogens with zero attached hydrogens (tertiary/aromatic N) is 2. The third kappa shape index (κ3) is 2.10. The van der Waals surface area contributed by atoms with Crippen LogP contribution in [0.3, 0.4) is 0 Å². The summed E-state index contributed by atoms with van der Waals surface area (Å²) in [7, 11) is 0. The van der Waals surface area contributed by atoms with Crippen LogP contribution in [0.1, 0.15) is 25.1 Å². The Bertz CT molecular complexity index is 451. The SMILES string of the molecule is Cc1ncc(NC(=O)C2CC23CCNCC3)cn1. The molecule has 1 aromatic heterocycles. The molecule has 1 saturated heterocycles. The van der Waals surface area contributed by atoms with Gasteiger partial charge in [-0.05, 0) is 44.7 Å². The molecule has 1 unspecified atom stereocenters. The molecule has 18 heavy (non-hydrogen) atoms. The lowest BCUT2D eigenvalue weighted by atomic mass is 9.92. The second-order valence-corrected chi connectivity index (χ2v) is 5.38. The molecule has 1 saturated carbocycles. The first-order valence-electron chi connectivity index (χ1n) is 6.50. The van der Waals surface area contributed by atoms with Gasteiger partial charge in [-0.25, -0.2) is 9.97 Å². The first kappa shape index (κ1) is 11.6. The molecule has 1 aliphatic carbocycles. The van der Waals surface area contributed by atoms with Crippen molar-refractivity contribution in [2.24, 2.45) is 11.3 Å². The maximum Gasteiger partial charge on any atom is 0.228 e. The first-order chi connectivity index (χ1) is 8.70. The summed E-state index contributed by atoms with van der Waals surface area (Å²) in [4.78, 5) is 20.3. The Balaban J connectivity index is 1.61. The topological polar surface area (TPSA) is 66.9 Å². The number of anilines is 1. The van der Waals surface area contributed by atoms with Crippen LogP contribution in [0.2, 0.25) is 0 Å². The van der Waals surface area contributed by atoms with Gasteiger partial charge in [0.25, 0.3) is 0 Å². The summed E-state index contributed by atoms with van der Waals surface area (Å²) in [6, 6.07) is 0. The summed E-state index contributed by atoms with van der Waals surface area (Å²) >= 11 is 0. The van der Waals surface area contributed by atoms with E-state index in [-0.39, 0.29) is 17.2 Å². The Labute approximate surface area is 106 Å². The van der Waals surface area contributed by atoms with Crippen LogP contribution in [0.5, 0.6) is 0 Å². The molecule has 2 N–H and O–H groups in total. The summed E-state index contributed by atoms with van der Waals surface area (Å²) < 4.78 is 0. The molecular weight excluding hydrogens is 228 g/mol. The number of amides is 1. The normalized spacial score (nSPS) is 24.8. The largest absolute Gasteiger partial charge is 0.323 e. The van der Waals surface area contributed by atoms with Crippen LogP contribution in [0, 0.1) is 18.3 Å². The van der Waals surface area contributed by atoms with Crippen molar-refractivity contribution < 1.29 is 4.79 Å². The molecule has 0 radical (unpaired) electrons. The van der Waals surface area contributed by atoms with E-state index in [1.165, 1.54) is 0 Å². The second kappa shape index (κ2) is 4.31. The number of nitrogens with one attached hydrogen (secondary N) is 2. The Morgan fingerprint density at radius 2 is 2.06 bits per heavy atom. The van der Waals surface area contributed by atoms with E-state index in [1.807, 2.05) is 6.92 Å². The fraction of sp³-hybridized carbons (Fsp3) is 0.615. The molecule has 0 bridgehead atoms. The summed E-state index contributed by atoms with van der Waals surface area (Å²) in [5.41, 5.74) is 0.975. The van der Waals surface area contributed by atoms with Gasteiger partial charge in [0, 0.05) is 5.92 Å². The van der Waals surface area contributed by atoms with Gasteiger partial charge >= 0.3 is 0 Å². The van der Waals surface area contributed by atoms with Crippen LogP contribution in [-0.2, 0) is 4.79 Å². The molecule has 1 spiro atoms. The average Bonchev–Trinajstić information content (AvgIpc) is 3.07. The number of rotatable bonds is 2. The van der Waals surface area contributed by atoms with Crippen molar-refractivity contribution in [2.75, 3.05) is 18.4 Å². The van der Waals surface area contributed by atoms with Crippen LogP contribution in [-0.4, -0.2) is 29.0 Å². The molecule has 2 aliphatic rings. The highest BCUT2D eigenvalue weighted by Gasteiger charge is 2.57. The van der Waals surface area contributed by atoms with Crippen molar-refractivity contribution in [3.05, 3.63) is 18.2 Å². The third-order valence-corrected chi connectivity index (χ3v) is 4.15. The zero-order valence-electron chi connectivity index (χ0n) is 10.6. The molecule has 5 nitrogen and oxygen atoms in total. The highest BCUT2D eigenvalue weighted by molar-refractivity contribution is 5.94. The molecular formula is C13H18N4O. The fourth-order valence-electron chi connectivity index (χ4n) is 2.88. The number of piperidine rings is 1. The molecule has 1 atom stereocenters. The molecule has 2 fully saturated rings. The highest BCUT2D eigenvalue weighted by Crippen LogP contribution is 2.58. The summed E-state index contributed by atoms with van der Waals surface area (Å²) in [6.07, 6.45) is 6.60. The van der Waals surface area contributed by atoms with Crippen molar-refractivity contribution in [1.82, 2.24) is 15.3 Å². The van der Waals surface area contributed by atoms with Crippen molar-refractivity contribution in [3.8, 4) is 0 Å². The fourth-order valence-corrected chi connectivity index (χ4v) is 2.88. The second-order valence-electron chi connectivity index (χ2n) is 5.38. The van der Waals surface area contributed by atoms with Crippen LogP contribution >= 0.6 is 0 Å². The van der Waals surface area contributed by atoms with Crippen molar-refractivity contribution in [1.29, 1.82) is 0 Å². The molecule has 5 heteroatoms. The first-order valence-corrected chi connectivity index (χ1v) is 6.50. The molecule has 96 valence electrons. The van der Waals surface area contributed by atoms with Gasteiger partial charge in [0.1, 0.15) is 5.82 Å². The van der Waals surface area contributed by atoms with Gasteiger partial charge in [0.15, 0.2) is 0 Å². The van der Waals surface area contributed by atoms with Crippen LogP contribution in [0.4, 0.5) is 5.69 Å². The minimum Gasteiger partial charge on any atom is -0.323 e. The predicted molar refractivity (Wildman–Crippen MR) is 68.0 cm³/mol. The monoisotopic (exact) mass is 246 g/mol. The van der Waals surface area contributed by atoms with Gasteiger partial charge in [-0.2, -0.15) is 0 Å². The van der Waals surface area contributed by atoms with E-state index in [0.717, 1.165) is 32.4 Å². The van der Waals surface area contributed by atoms with Crippen molar-refractivity contribution in [3.63, 3.8) is 0 Å². The highest BCUT2D eigenvalue weighted by atomic mass is 16.2. The number of hydrogen-bond acceptors (Lipinski definition) is 4. The van der Waals surface area contributed by atoms with Gasteiger partial charge in [0.05, 0.1) is 18.1 Å². The van der Waals surface area contributed by atoms with Gasteiger partial charge in [-0.15, -0.1) is 0 Å². The Kier molecular flexibility index (Phi) is 2.78. The Morgan fingerprint density at radius 3 is 2.72 bits per heavy atom. The van der Waals surface area contributed by atoms with E-state index in [9.17, 15) is 4.79 Å². The number of hydrogen-bond donors (Lipinski definition) is 2. The van der Waals surface area contributed by atoms with Gasteiger partial charge in [-0.3, -0.25) is 4.79 Å². The quantitative estimate of drug-likeness (QED) is 0.820. The van der Waals surface area contributed by atoms with Crippen LogP contribution in [0.15, 0.2) is 12.4 Å². The van der Waals surface area contributed by atoms with E-state index in [1.54, 1.807) is 12.4 Å². The van der Waals surface area contributed by atoms with Crippen molar-refractivity contribution in [2.45, 2.75) is 26.2 Å². The summed E-state index contributed by atoms with van der Waals surface area (Å²) in [5.74, 6) is 1.03. The lowest BCUT2D eigenvalue weighted by Gasteiger charge is -2.23. The van der Waals surface area contributed by atoms with Gasteiger partial charge in [0.2, 0.25) is 5.91 Å². The number of carbonyl (C=O) groups excluding carboxylic acids is 1.